The second-order valence-corrected chi connectivity index (χ2v) is 4.49. The van der Waals surface area contributed by atoms with E-state index >= 15 is 0 Å². The monoisotopic (exact) mass is 224 g/mol. The second kappa shape index (κ2) is 5.47. The van der Waals surface area contributed by atoms with E-state index in [-0.39, 0.29) is 0 Å². The molecule has 82 valence electrons. The third kappa shape index (κ3) is 3.47. The highest BCUT2D eigenvalue weighted by molar-refractivity contribution is 6.29. The highest BCUT2D eigenvalue weighted by Gasteiger charge is 2.10. The Morgan fingerprint density at radius 2 is 2.07 bits per heavy atom. The van der Waals surface area contributed by atoms with Gasteiger partial charge in [-0.05, 0) is 57.5 Å². The average Bonchev–Trinajstić information content (AvgIpc) is 2.71. The van der Waals surface area contributed by atoms with Gasteiger partial charge in [-0.15, -0.1) is 0 Å². The number of pyridine rings is 1. The molecule has 2 nitrogen and oxygen atoms in total. The molecular weight excluding hydrogens is 208 g/mol. The van der Waals surface area contributed by atoms with E-state index in [0.717, 1.165) is 12.1 Å². The van der Waals surface area contributed by atoms with Crippen LogP contribution in [0.4, 0.5) is 0 Å². The van der Waals surface area contributed by atoms with Gasteiger partial charge in [0.05, 0.1) is 0 Å². The summed E-state index contributed by atoms with van der Waals surface area (Å²) in [7, 11) is 0. The summed E-state index contributed by atoms with van der Waals surface area (Å²) in [6.07, 6.45) is 4.97. The van der Waals surface area contributed by atoms with Gasteiger partial charge in [0.15, 0.2) is 0 Å². The van der Waals surface area contributed by atoms with E-state index in [1.165, 1.54) is 38.9 Å². The summed E-state index contributed by atoms with van der Waals surface area (Å²) in [5.74, 6) is 0. The minimum absolute atomic E-state index is 0.605. The maximum absolute atomic E-state index is 5.83. The third-order valence-corrected chi connectivity index (χ3v) is 3.09. The molecule has 0 N–H and O–H groups in total. The van der Waals surface area contributed by atoms with Gasteiger partial charge in [0.2, 0.25) is 0 Å². The van der Waals surface area contributed by atoms with Gasteiger partial charge in [0, 0.05) is 5.69 Å². The van der Waals surface area contributed by atoms with Gasteiger partial charge >= 0.3 is 0 Å². The first-order chi connectivity index (χ1) is 7.34. The topological polar surface area (TPSA) is 16.1 Å². The summed E-state index contributed by atoms with van der Waals surface area (Å²) in [6, 6.07) is 5.85. The Morgan fingerprint density at radius 1 is 1.27 bits per heavy atom. The highest BCUT2D eigenvalue weighted by Crippen LogP contribution is 2.10. The molecule has 0 radical (unpaired) electrons. The number of nitrogens with zero attached hydrogens (tertiary/aromatic N) is 2. The number of rotatable bonds is 4. The molecule has 0 spiro atoms. The van der Waals surface area contributed by atoms with Crippen LogP contribution in [0.1, 0.15) is 25.0 Å². The zero-order valence-corrected chi connectivity index (χ0v) is 9.71. The minimum atomic E-state index is 0.605. The molecule has 1 aromatic rings. The number of halogens is 1. The predicted molar refractivity (Wildman–Crippen MR) is 63.2 cm³/mol. The Kier molecular flexibility index (Phi) is 3.98. The zero-order chi connectivity index (χ0) is 10.5. The number of aryl methyl sites for hydroxylation is 1. The van der Waals surface area contributed by atoms with Crippen molar-refractivity contribution >= 4 is 11.6 Å². The van der Waals surface area contributed by atoms with Crippen LogP contribution >= 0.6 is 11.6 Å². The molecule has 0 aromatic carbocycles. The molecule has 0 atom stereocenters. The Morgan fingerprint density at radius 3 is 2.80 bits per heavy atom. The molecule has 0 saturated carbocycles. The predicted octanol–water partition coefficient (Wildman–Crippen LogP) is 2.76. The standard InChI is InChI=1S/C12H17ClN2/c13-12-7-3-5-11(14-12)6-4-10-15-8-1-2-9-15/h3,5,7H,1-2,4,6,8-10H2. The highest BCUT2D eigenvalue weighted by atomic mass is 35.5. The lowest BCUT2D eigenvalue weighted by molar-refractivity contribution is 0.333. The fraction of sp³-hybridized carbons (Fsp3) is 0.583. The van der Waals surface area contributed by atoms with Crippen LogP contribution in [-0.2, 0) is 6.42 Å². The maximum atomic E-state index is 5.83. The van der Waals surface area contributed by atoms with Crippen molar-refractivity contribution in [3.63, 3.8) is 0 Å². The van der Waals surface area contributed by atoms with Crippen LogP contribution in [0.2, 0.25) is 5.15 Å². The van der Waals surface area contributed by atoms with Crippen LogP contribution in [0, 0.1) is 0 Å². The van der Waals surface area contributed by atoms with Crippen LogP contribution < -0.4 is 0 Å². The molecule has 1 aliphatic heterocycles. The number of hydrogen-bond donors (Lipinski definition) is 0. The van der Waals surface area contributed by atoms with Gasteiger partial charge in [0.1, 0.15) is 5.15 Å². The summed E-state index contributed by atoms with van der Waals surface area (Å²) in [5.41, 5.74) is 1.11. The van der Waals surface area contributed by atoms with Gasteiger partial charge in [-0.3, -0.25) is 0 Å². The van der Waals surface area contributed by atoms with E-state index in [9.17, 15) is 0 Å². The molecular formula is C12H17ClN2. The van der Waals surface area contributed by atoms with E-state index < -0.39 is 0 Å². The second-order valence-electron chi connectivity index (χ2n) is 4.10. The van der Waals surface area contributed by atoms with Gasteiger partial charge in [-0.1, -0.05) is 17.7 Å². The zero-order valence-electron chi connectivity index (χ0n) is 8.95. The normalized spacial score (nSPS) is 17.1. The van der Waals surface area contributed by atoms with E-state index in [1.807, 2.05) is 12.1 Å². The number of likely N-dealkylation sites (tertiary alicyclic amines) is 1. The van der Waals surface area contributed by atoms with Crippen molar-refractivity contribution < 1.29 is 0 Å². The average molecular weight is 225 g/mol. The lowest BCUT2D eigenvalue weighted by atomic mass is 10.2. The van der Waals surface area contributed by atoms with E-state index in [4.69, 9.17) is 11.6 Å². The molecule has 15 heavy (non-hydrogen) atoms. The molecule has 1 saturated heterocycles. The molecule has 0 amide bonds. The lowest BCUT2D eigenvalue weighted by Gasteiger charge is -2.13. The van der Waals surface area contributed by atoms with Crippen molar-refractivity contribution in [1.82, 2.24) is 9.88 Å². The molecule has 0 bridgehead atoms. The van der Waals surface area contributed by atoms with Crippen LogP contribution in [0.5, 0.6) is 0 Å². The fourth-order valence-electron chi connectivity index (χ4n) is 2.08. The van der Waals surface area contributed by atoms with Gasteiger partial charge in [-0.2, -0.15) is 0 Å². The minimum Gasteiger partial charge on any atom is -0.303 e. The molecule has 2 rings (SSSR count). The Balaban J connectivity index is 1.73. The Labute approximate surface area is 96.3 Å². The van der Waals surface area contributed by atoms with Crippen molar-refractivity contribution in [2.45, 2.75) is 25.7 Å². The fourth-order valence-corrected chi connectivity index (χ4v) is 2.26. The molecule has 0 aliphatic carbocycles. The van der Waals surface area contributed by atoms with Crippen molar-refractivity contribution in [3.8, 4) is 0 Å². The SMILES string of the molecule is Clc1cccc(CCCN2CCCC2)n1. The molecule has 2 heterocycles. The van der Waals surface area contributed by atoms with Crippen molar-refractivity contribution in [2.75, 3.05) is 19.6 Å². The lowest BCUT2D eigenvalue weighted by Crippen LogP contribution is -2.20. The summed E-state index contributed by atoms with van der Waals surface area (Å²) < 4.78 is 0. The van der Waals surface area contributed by atoms with Crippen molar-refractivity contribution in [2.24, 2.45) is 0 Å². The Bertz CT molecular complexity index is 308. The van der Waals surface area contributed by atoms with Gasteiger partial charge in [0.25, 0.3) is 0 Å². The number of hydrogen-bond acceptors (Lipinski definition) is 2. The first-order valence-electron chi connectivity index (χ1n) is 5.68. The van der Waals surface area contributed by atoms with E-state index in [2.05, 4.69) is 16.0 Å². The quantitative estimate of drug-likeness (QED) is 0.732. The summed E-state index contributed by atoms with van der Waals surface area (Å²) >= 11 is 5.83. The van der Waals surface area contributed by atoms with E-state index in [1.54, 1.807) is 0 Å². The molecule has 3 heteroatoms. The van der Waals surface area contributed by atoms with Crippen molar-refractivity contribution in [1.29, 1.82) is 0 Å². The largest absolute Gasteiger partial charge is 0.303 e. The molecule has 1 aromatic heterocycles. The van der Waals surface area contributed by atoms with E-state index in [0.29, 0.717) is 5.15 Å². The first kappa shape index (κ1) is 10.9. The van der Waals surface area contributed by atoms with Gasteiger partial charge in [-0.25, -0.2) is 4.98 Å². The third-order valence-electron chi connectivity index (χ3n) is 2.88. The maximum Gasteiger partial charge on any atom is 0.129 e. The van der Waals surface area contributed by atoms with Gasteiger partial charge < -0.3 is 4.90 Å². The molecule has 1 aliphatic rings. The summed E-state index contributed by atoms with van der Waals surface area (Å²) in [6.45, 7) is 3.76. The summed E-state index contributed by atoms with van der Waals surface area (Å²) in [5, 5.41) is 0.605. The molecule has 0 unspecified atom stereocenters. The van der Waals surface area contributed by atoms with Crippen LogP contribution in [0.15, 0.2) is 18.2 Å². The molecule has 1 fully saturated rings. The Hall–Kier alpha value is -0.600. The summed E-state index contributed by atoms with van der Waals surface area (Å²) in [4.78, 5) is 6.82. The first-order valence-corrected chi connectivity index (χ1v) is 6.06. The van der Waals surface area contributed by atoms with Crippen LogP contribution in [0.3, 0.4) is 0 Å². The smallest absolute Gasteiger partial charge is 0.129 e. The number of aromatic nitrogens is 1. The van der Waals surface area contributed by atoms with Crippen LogP contribution in [0.25, 0.3) is 0 Å². The van der Waals surface area contributed by atoms with Crippen LogP contribution in [-0.4, -0.2) is 29.5 Å². The van der Waals surface area contributed by atoms with Crippen molar-refractivity contribution in [3.05, 3.63) is 29.0 Å².